The smallest absolute Gasteiger partial charge is 0.406 e. The van der Waals surface area contributed by atoms with Crippen molar-refractivity contribution in [2.24, 2.45) is 0 Å². The first-order chi connectivity index (χ1) is 9.83. The van der Waals surface area contributed by atoms with E-state index in [4.69, 9.17) is 0 Å². The monoisotopic (exact) mass is 304 g/mol. The number of hydrogen-bond donors (Lipinski definition) is 3. The number of amides is 1. The first kappa shape index (κ1) is 15.6. The molecule has 1 aliphatic heterocycles. The van der Waals surface area contributed by atoms with Gasteiger partial charge in [0.1, 0.15) is 5.75 Å². The summed E-state index contributed by atoms with van der Waals surface area (Å²) in [5.41, 5.74) is 0.649. The van der Waals surface area contributed by atoms with E-state index in [1.165, 1.54) is 24.3 Å². The zero-order chi connectivity index (χ0) is 15.5. The van der Waals surface area contributed by atoms with E-state index in [0.29, 0.717) is 18.5 Å². The SMILES string of the molecule is O=C(NCc1ccc(OC(F)(F)F)cc1)C1CC(O)CN1. The molecule has 0 bridgehead atoms. The third-order valence-corrected chi connectivity index (χ3v) is 3.05. The molecule has 1 aliphatic rings. The Kier molecular flexibility index (Phi) is 4.69. The molecule has 1 fully saturated rings. The fourth-order valence-corrected chi connectivity index (χ4v) is 2.04. The van der Waals surface area contributed by atoms with E-state index in [1.54, 1.807) is 0 Å². The first-order valence-electron chi connectivity index (χ1n) is 6.37. The zero-order valence-electron chi connectivity index (χ0n) is 11.0. The van der Waals surface area contributed by atoms with Crippen LogP contribution in [0.4, 0.5) is 13.2 Å². The van der Waals surface area contributed by atoms with Crippen LogP contribution in [-0.2, 0) is 11.3 Å². The summed E-state index contributed by atoms with van der Waals surface area (Å²) >= 11 is 0. The second-order valence-electron chi connectivity index (χ2n) is 4.76. The number of β-amino-alcohol motifs (C(OH)–C–C–N with tert-alkyl or cyclic N) is 1. The van der Waals surface area contributed by atoms with Gasteiger partial charge in [-0.05, 0) is 24.1 Å². The van der Waals surface area contributed by atoms with Crippen LogP contribution in [0.15, 0.2) is 24.3 Å². The van der Waals surface area contributed by atoms with E-state index in [-0.39, 0.29) is 18.2 Å². The molecule has 0 aromatic heterocycles. The van der Waals surface area contributed by atoms with Crippen LogP contribution in [0.3, 0.4) is 0 Å². The number of ether oxygens (including phenoxy) is 1. The quantitative estimate of drug-likeness (QED) is 0.774. The molecule has 0 saturated carbocycles. The third-order valence-electron chi connectivity index (χ3n) is 3.05. The van der Waals surface area contributed by atoms with Crippen molar-refractivity contribution in [2.75, 3.05) is 6.54 Å². The summed E-state index contributed by atoms with van der Waals surface area (Å²) in [5, 5.41) is 14.8. The number of rotatable bonds is 4. The van der Waals surface area contributed by atoms with Crippen LogP contribution < -0.4 is 15.4 Å². The van der Waals surface area contributed by atoms with Gasteiger partial charge in [0.05, 0.1) is 12.1 Å². The Hall–Kier alpha value is -1.80. The van der Waals surface area contributed by atoms with Gasteiger partial charge in [-0.15, -0.1) is 13.2 Å². The first-order valence-corrected chi connectivity index (χ1v) is 6.37. The Morgan fingerprint density at radius 1 is 1.38 bits per heavy atom. The molecule has 3 N–H and O–H groups in total. The average molecular weight is 304 g/mol. The molecule has 21 heavy (non-hydrogen) atoms. The summed E-state index contributed by atoms with van der Waals surface area (Å²) in [5.74, 6) is -0.555. The molecule has 1 aromatic carbocycles. The van der Waals surface area contributed by atoms with E-state index in [2.05, 4.69) is 15.4 Å². The minimum Gasteiger partial charge on any atom is -0.406 e. The fourth-order valence-electron chi connectivity index (χ4n) is 2.04. The van der Waals surface area contributed by atoms with Gasteiger partial charge in [0.2, 0.25) is 5.91 Å². The number of carbonyl (C=O) groups excluding carboxylic acids is 1. The molecule has 2 atom stereocenters. The molecule has 8 heteroatoms. The summed E-state index contributed by atoms with van der Waals surface area (Å²) in [6.45, 7) is 0.570. The maximum atomic E-state index is 12.0. The van der Waals surface area contributed by atoms with Crippen molar-refractivity contribution in [1.29, 1.82) is 0 Å². The standard InChI is InChI=1S/C13H15F3N2O3/c14-13(15,16)21-10-3-1-8(2-4-10)6-18-12(20)11-5-9(19)7-17-11/h1-4,9,11,17,19H,5-7H2,(H,18,20). The molecule has 1 heterocycles. The van der Waals surface area contributed by atoms with Crippen molar-refractivity contribution in [3.63, 3.8) is 0 Å². The Morgan fingerprint density at radius 2 is 2.05 bits per heavy atom. The number of hydrogen-bond acceptors (Lipinski definition) is 4. The average Bonchev–Trinajstić information content (AvgIpc) is 2.82. The lowest BCUT2D eigenvalue weighted by Gasteiger charge is -2.12. The maximum absolute atomic E-state index is 12.0. The predicted octanol–water partition coefficient (Wildman–Crippen LogP) is 0.924. The van der Waals surface area contributed by atoms with E-state index in [1.807, 2.05) is 0 Å². The van der Waals surface area contributed by atoms with Crippen molar-refractivity contribution < 1.29 is 27.8 Å². The molecule has 1 aromatic rings. The number of alkyl halides is 3. The Morgan fingerprint density at radius 3 is 2.57 bits per heavy atom. The van der Waals surface area contributed by atoms with Crippen LogP contribution in [-0.4, -0.2) is 36.1 Å². The van der Waals surface area contributed by atoms with E-state index < -0.39 is 18.5 Å². The zero-order valence-corrected chi connectivity index (χ0v) is 11.0. The minimum atomic E-state index is -4.72. The van der Waals surface area contributed by atoms with Crippen LogP contribution in [0, 0.1) is 0 Å². The van der Waals surface area contributed by atoms with Crippen molar-refractivity contribution in [3.8, 4) is 5.75 Å². The number of aliphatic hydroxyl groups is 1. The molecule has 2 unspecified atom stereocenters. The lowest BCUT2D eigenvalue weighted by atomic mass is 10.1. The maximum Gasteiger partial charge on any atom is 0.573 e. The number of halogens is 3. The molecule has 5 nitrogen and oxygen atoms in total. The van der Waals surface area contributed by atoms with Gasteiger partial charge >= 0.3 is 6.36 Å². The number of carbonyl (C=O) groups is 1. The highest BCUT2D eigenvalue weighted by Crippen LogP contribution is 2.22. The van der Waals surface area contributed by atoms with Crippen LogP contribution in [0.25, 0.3) is 0 Å². The van der Waals surface area contributed by atoms with Crippen LogP contribution in [0.5, 0.6) is 5.75 Å². The number of nitrogens with one attached hydrogen (secondary N) is 2. The largest absolute Gasteiger partial charge is 0.573 e. The Labute approximate surface area is 119 Å². The molecule has 1 amide bonds. The topological polar surface area (TPSA) is 70.6 Å². The normalized spacial score (nSPS) is 22.1. The van der Waals surface area contributed by atoms with Gasteiger partial charge in [0.15, 0.2) is 0 Å². The van der Waals surface area contributed by atoms with Crippen LogP contribution in [0.1, 0.15) is 12.0 Å². The molecule has 0 aliphatic carbocycles. The van der Waals surface area contributed by atoms with Gasteiger partial charge in [0.25, 0.3) is 0 Å². The Balaban J connectivity index is 1.82. The highest BCUT2D eigenvalue weighted by molar-refractivity contribution is 5.82. The van der Waals surface area contributed by atoms with Crippen LogP contribution in [0.2, 0.25) is 0 Å². The summed E-state index contributed by atoms with van der Waals surface area (Å²) < 4.78 is 39.7. The summed E-state index contributed by atoms with van der Waals surface area (Å²) in [6.07, 6.45) is -4.89. The predicted molar refractivity (Wildman–Crippen MR) is 67.4 cm³/mol. The van der Waals surface area contributed by atoms with Crippen molar-refractivity contribution >= 4 is 5.91 Å². The molecular formula is C13H15F3N2O3. The van der Waals surface area contributed by atoms with Gasteiger partial charge in [-0.2, -0.15) is 0 Å². The molecular weight excluding hydrogens is 289 g/mol. The Bertz CT molecular complexity index is 490. The number of aliphatic hydroxyl groups excluding tert-OH is 1. The lowest BCUT2D eigenvalue weighted by molar-refractivity contribution is -0.274. The highest BCUT2D eigenvalue weighted by atomic mass is 19.4. The van der Waals surface area contributed by atoms with Gasteiger partial charge in [0, 0.05) is 13.1 Å². The van der Waals surface area contributed by atoms with Crippen molar-refractivity contribution in [3.05, 3.63) is 29.8 Å². The summed E-state index contributed by atoms with van der Waals surface area (Å²) in [4.78, 5) is 11.8. The molecule has 1 saturated heterocycles. The number of benzene rings is 1. The summed E-state index contributed by atoms with van der Waals surface area (Å²) in [6, 6.07) is 4.82. The van der Waals surface area contributed by atoms with Gasteiger partial charge < -0.3 is 20.5 Å². The highest BCUT2D eigenvalue weighted by Gasteiger charge is 2.31. The third kappa shape index (κ3) is 4.91. The summed E-state index contributed by atoms with van der Waals surface area (Å²) in [7, 11) is 0. The second-order valence-corrected chi connectivity index (χ2v) is 4.76. The van der Waals surface area contributed by atoms with Gasteiger partial charge in [-0.3, -0.25) is 4.79 Å². The fraction of sp³-hybridized carbons (Fsp3) is 0.462. The van der Waals surface area contributed by atoms with E-state index >= 15 is 0 Å². The van der Waals surface area contributed by atoms with Crippen molar-refractivity contribution in [2.45, 2.75) is 31.5 Å². The van der Waals surface area contributed by atoms with Gasteiger partial charge in [-0.1, -0.05) is 12.1 Å². The minimum absolute atomic E-state index is 0.194. The molecule has 0 radical (unpaired) electrons. The second kappa shape index (κ2) is 6.31. The van der Waals surface area contributed by atoms with E-state index in [0.717, 1.165) is 0 Å². The molecule has 116 valence electrons. The van der Waals surface area contributed by atoms with E-state index in [9.17, 15) is 23.1 Å². The van der Waals surface area contributed by atoms with Crippen molar-refractivity contribution in [1.82, 2.24) is 10.6 Å². The molecule has 2 rings (SSSR count). The van der Waals surface area contributed by atoms with Gasteiger partial charge in [-0.25, -0.2) is 0 Å². The van der Waals surface area contributed by atoms with Crippen LogP contribution >= 0.6 is 0 Å². The lowest BCUT2D eigenvalue weighted by Crippen LogP contribution is -2.39. The molecule has 0 spiro atoms.